The van der Waals surface area contributed by atoms with Crippen LogP contribution in [0.25, 0.3) is 0 Å². The molecule has 2 aromatic rings. The first-order valence-electron chi connectivity index (χ1n) is 9.16. The maximum absolute atomic E-state index is 13.3. The van der Waals surface area contributed by atoms with Crippen LogP contribution < -0.4 is 10.1 Å². The molecular weight excluding hydrogens is 353 g/mol. The van der Waals surface area contributed by atoms with Gasteiger partial charge in [-0.2, -0.15) is 5.10 Å². The zero-order chi connectivity index (χ0) is 19.0. The van der Waals surface area contributed by atoms with E-state index in [1.165, 1.54) is 18.2 Å². The van der Waals surface area contributed by atoms with Gasteiger partial charge in [-0.05, 0) is 43.9 Å². The lowest BCUT2D eigenvalue weighted by Crippen LogP contribution is -2.57. The van der Waals surface area contributed by atoms with Gasteiger partial charge in [-0.15, -0.1) is 0 Å². The molecule has 2 saturated carbocycles. The average molecular weight is 375 g/mol. The molecule has 4 rings (SSSR count). The number of carbonyl (C=O) groups excluding carboxylic acids is 1. The molecular formula is C19H22FN3O4. The molecule has 1 amide bonds. The number of H-pyrrole nitrogens is 1. The fraction of sp³-hybridized carbons (Fsp3) is 0.474. The Morgan fingerprint density at radius 3 is 2.74 bits per heavy atom. The third-order valence-electron chi connectivity index (χ3n) is 5.15. The van der Waals surface area contributed by atoms with Gasteiger partial charge in [-0.25, -0.2) is 4.39 Å². The van der Waals surface area contributed by atoms with Gasteiger partial charge in [0.2, 0.25) is 0 Å². The van der Waals surface area contributed by atoms with Gasteiger partial charge in [0.05, 0.1) is 6.04 Å². The molecule has 7 nitrogen and oxygen atoms in total. The lowest BCUT2D eigenvalue weighted by Gasteiger charge is -2.37. The number of carbonyl (C=O) groups is 1. The Kier molecular flexibility index (Phi) is 4.84. The first-order valence-corrected chi connectivity index (χ1v) is 9.16. The molecule has 0 aliphatic heterocycles. The van der Waals surface area contributed by atoms with Gasteiger partial charge in [-0.3, -0.25) is 9.89 Å². The second-order valence-electron chi connectivity index (χ2n) is 7.23. The molecule has 0 radical (unpaired) electrons. The first-order chi connectivity index (χ1) is 13.0. The summed E-state index contributed by atoms with van der Waals surface area (Å²) in [5, 5.41) is 30.4. The number of nitrogens with one attached hydrogen (secondary N) is 2. The van der Waals surface area contributed by atoms with E-state index < -0.39 is 30.2 Å². The van der Waals surface area contributed by atoms with E-state index in [0.29, 0.717) is 18.8 Å². The second kappa shape index (κ2) is 7.28. The average Bonchev–Trinajstić information content (AvgIpc) is 3.38. The van der Waals surface area contributed by atoms with Crippen LogP contribution in [0.2, 0.25) is 0 Å². The summed E-state index contributed by atoms with van der Waals surface area (Å²) in [7, 11) is 0. The van der Waals surface area contributed by atoms with E-state index in [1.807, 2.05) is 0 Å². The van der Waals surface area contributed by atoms with Gasteiger partial charge in [0, 0.05) is 17.7 Å². The predicted molar refractivity (Wildman–Crippen MR) is 93.9 cm³/mol. The molecule has 27 heavy (non-hydrogen) atoms. The number of ether oxygens (including phenoxy) is 1. The quantitative estimate of drug-likeness (QED) is 0.633. The van der Waals surface area contributed by atoms with Gasteiger partial charge in [0.25, 0.3) is 5.91 Å². The van der Waals surface area contributed by atoms with Crippen molar-refractivity contribution >= 4 is 5.91 Å². The fourth-order valence-corrected chi connectivity index (χ4v) is 3.44. The summed E-state index contributed by atoms with van der Waals surface area (Å²) >= 11 is 0. The van der Waals surface area contributed by atoms with Crippen LogP contribution in [0.5, 0.6) is 5.75 Å². The summed E-state index contributed by atoms with van der Waals surface area (Å²) in [6, 6.07) is 6.75. The number of rotatable bonds is 5. The maximum Gasteiger partial charge on any atom is 0.272 e. The minimum Gasteiger partial charge on any atom is -0.488 e. The SMILES string of the molecule is O=C(N[C@@H]1CC[C@@H](Oc2cccc(F)c2)[C@@H](O)[C@@H]1O)c1cc(C2CC2)[nH]n1. The van der Waals surface area contributed by atoms with E-state index in [2.05, 4.69) is 15.5 Å². The molecule has 2 aliphatic carbocycles. The van der Waals surface area contributed by atoms with Crippen LogP contribution in [0, 0.1) is 5.82 Å². The highest BCUT2D eigenvalue weighted by Crippen LogP contribution is 2.39. The summed E-state index contributed by atoms with van der Waals surface area (Å²) in [4.78, 5) is 12.4. The largest absolute Gasteiger partial charge is 0.488 e. The summed E-state index contributed by atoms with van der Waals surface area (Å²) in [6.45, 7) is 0. The Balaban J connectivity index is 1.35. The van der Waals surface area contributed by atoms with Crippen molar-refractivity contribution in [3.63, 3.8) is 0 Å². The number of benzene rings is 1. The monoisotopic (exact) mass is 375 g/mol. The predicted octanol–water partition coefficient (Wildman–Crippen LogP) is 1.49. The number of nitrogens with zero attached hydrogens (tertiary/aromatic N) is 1. The molecule has 0 bridgehead atoms. The Labute approximate surface area is 155 Å². The topological polar surface area (TPSA) is 107 Å². The molecule has 4 atom stereocenters. The highest BCUT2D eigenvalue weighted by molar-refractivity contribution is 5.92. The zero-order valence-electron chi connectivity index (χ0n) is 14.6. The van der Waals surface area contributed by atoms with Crippen LogP contribution in [0.15, 0.2) is 30.3 Å². The van der Waals surface area contributed by atoms with Crippen LogP contribution in [-0.4, -0.2) is 50.7 Å². The maximum atomic E-state index is 13.3. The van der Waals surface area contributed by atoms with Crippen LogP contribution in [-0.2, 0) is 0 Å². The Morgan fingerprint density at radius 1 is 1.19 bits per heavy atom. The van der Waals surface area contributed by atoms with E-state index in [-0.39, 0.29) is 17.4 Å². The third-order valence-corrected chi connectivity index (χ3v) is 5.15. The molecule has 0 unspecified atom stereocenters. The van der Waals surface area contributed by atoms with E-state index in [9.17, 15) is 19.4 Å². The minimum atomic E-state index is -1.20. The normalized spacial score (nSPS) is 28.0. The van der Waals surface area contributed by atoms with Gasteiger partial charge >= 0.3 is 0 Å². The van der Waals surface area contributed by atoms with Gasteiger partial charge in [0.1, 0.15) is 35.6 Å². The van der Waals surface area contributed by atoms with Crippen molar-refractivity contribution < 1.29 is 24.1 Å². The molecule has 2 aliphatic rings. The molecule has 2 fully saturated rings. The van der Waals surface area contributed by atoms with E-state index in [0.717, 1.165) is 18.5 Å². The Morgan fingerprint density at radius 2 is 2.00 bits per heavy atom. The van der Waals surface area contributed by atoms with Crippen molar-refractivity contribution in [1.29, 1.82) is 0 Å². The number of hydrogen-bond acceptors (Lipinski definition) is 5. The van der Waals surface area contributed by atoms with Gasteiger partial charge in [-0.1, -0.05) is 6.07 Å². The number of aliphatic hydroxyl groups is 2. The summed E-state index contributed by atoms with van der Waals surface area (Å²) in [6.07, 6.45) is -0.0387. The molecule has 1 aromatic carbocycles. The van der Waals surface area contributed by atoms with Gasteiger partial charge in [0.15, 0.2) is 0 Å². The number of hydrogen-bond donors (Lipinski definition) is 4. The smallest absolute Gasteiger partial charge is 0.272 e. The molecule has 1 heterocycles. The number of aliphatic hydroxyl groups excluding tert-OH is 2. The van der Waals surface area contributed by atoms with Crippen molar-refractivity contribution in [3.8, 4) is 5.75 Å². The van der Waals surface area contributed by atoms with Gasteiger partial charge < -0.3 is 20.3 Å². The van der Waals surface area contributed by atoms with Crippen molar-refractivity contribution in [2.24, 2.45) is 0 Å². The zero-order valence-corrected chi connectivity index (χ0v) is 14.6. The Bertz CT molecular complexity index is 823. The first kappa shape index (κ1) is 17.9. The number of aromatic amines is 1. The molecule has 1 aromatic heterocycles. The van der Waals surface area contributed by atoms with Crippen LogP contribution in [0.1, 0.15) is 47.8 Å². The van der Waals surface area contributed by atoms with Crippen LogP contribution in [0.3, 0.4) is 0 Å². The van der Waals surface area contributed by atoms with Crippen molar-refractivity contribution in [1.82, 2.24) is 15.5 Å². The van der Waals surface area contributed by atoms with Crippen molar-refractivity contribution in [3.05, 3.63) is 47.5 Å². The minimum absolute atomic E-state index is 0.275. The standard InChI is InChI=1S/C19H22FN3O4/c20-11-2-1-3-12(8-11)27-16-7-6-13(17(24)18(16)25)21-19(26)15-9-14(22-23-15)10-4-5-10/h1-3,8-10,13,16-18,24-25H,4-7H2,(H,21,26)(H,22,23)/t13-,16-,17-,18-/m1/s1. The molecule has 8 heteroatoms. The second-order valence-corrected chi connectivity index (χ2v) is 7.23. The van der Waals surface area contributed by atoms with Crippen molar-refractivity contribution in [2.75, 3.05) is 0 Å². The molecule has 4 N–H and O–H groups in total. The van der Waals surface area contributed by atoms with E-state index >= 15 is 0 Å². The Hall–Kier alpha value is -2.45. The summed E-state index contributed by atoms with van der Waals surface area (Å²) < 4.78 is 18.9. The lowest BCUT2D eigenvalue weighted by atomic mass is 9.87. The lowest BCUT2D eigenvalue weighted by molar-refractivity contribution is -0.0875. The number of aromatic nitrogens is 2. The highest BCUT2D eigenvalue weighted by Gasteiger charge is 2.40. The van der Waals surface area contributed by atoms with Crippen LogP contribution in [0.4, 0.5) is 4.39 Å². The molecule has 0 saturated heterocycles. The third kappa shape index (κ3) is 3.96. The van der Waals surface area contributed by atoms with Crippen LogP contribution >= 0.6 is 0 Å². The summed E-state index contributed by atoms with van der Waals surface area (Å²) in [5.41, 5.74) is 1.23. The highest BCUT2D eigenvalue weighted by atomic mass is 19.1. The van der Waals surface area contributed by atoms with Crippen molar-refractivity contribution in [2.45, 2.75) is 56.0 Å². The summed E-state index contributed by atoms with van der Waals surface area (Å²) in [5.74, 6) is -0.0771. The number of amides is 1. The fourth-order valence-electron chi connectivity index (χ4n) is 3.44. The molecule has 144 valence electrons. The van der Waals surface area contributed by atoms with E-state index in [1.54, 1.807) is 12.1 Å². The molecule has 0 spiro atoms. The number of halogens is 1. The van der Waals surface area contributed by atoms with E-state index in [4.69, 9.17) is 4.74 Å².